The summed E-state index contributed by atoms with van der Waals surface area (Å²) in [6.45, 7) is 1.45. The lowest BCUT2D eigenvalue weighted by molar-refractivity contribution is -0.136. The maximum absolute atomic E-state index is 14.0. The monoisotopic (exact) mass is 277 g/mol. The summed E-state index contributed by atoms with van der Waals surface area (Å²) in [5, 5.41) is 9.27. The van der Waals surface area contributed by atoms with Gasteiger partial charge in [-0.3, -0.25) is 4.79 Å². The van der Waals surface area contributed by atoms with E-state index in [1.54, 1.807) is 18.2 Å². The Morgan fingerprint density at radius 1 is 1.40 bits per heavy atom. The Labute approximate surface area is 118 Å². The molecule has 1 aromatic rings. The molecule has 1 aromatic carbocycles. The molecule has 1 aliphatic carbocycles. The first-order valence-electron chi connectivity index (χ1n) is 7.32. The van der Waals surface area contributed by atoms with Gasteiger partial charge in [0.05, 0.1) is 5.41 Å². The van der Waals surface area contributed by atoms with Crippen molar-refractivity contribution in [3.05, 3.63) is 35.6 Å². The van der Waals surface area contributed by atoms with Crippen molar-refractivity contribution >= 4 is 5.91 Å². The minimum atomic E-state index is -0.636. The highest BCUT2D eigenvalue weighted by Crippen LogP contribution is 2.50. The highest BCUT2D eigenvalue weighted by Gasteiger charge is 2.54. The molecule has 1 aliphatic heterocycles. The first kappa shape index (κ1) is 13.6. The first-order chi connectivity index (χ1) is 9.67. The van der Waals surface area contributed by atoms with Crippen LogP contribution in [0.15, 0.2) is 24.3 Å². The maximum Gasteiger partial charge on any atom is 0.233 e. The quantitative estimate of drug-likeness (QED) is 0.919. The zero-order chi connectivity index (χ0) is 14.2. The number of hydrogen-bond acceptors (Lipinski definition) is 2. The Morgan fingerprint density at radius 2 is 2.15 bits per heavy atom. The van der Waals surface area contributed by atoms with Gasteiger partial charge in [0.25, 0.3) is 0 Å². The van der Waals surface area contributed by atoms with Gasteiger partial charge >= 0.3 is 0 Å². The van der Waals surface area contributed by atoms with Gasteiger partial charge < -0.3 is 10.0 Å². The number of carbonyl (C=O) groups is 1. The third-order valence-electron chi connectivity index (χ3n) is 4.61. The molecule has 0 bridgehead atoms. The maximum atomic E-state index is 14.0. The SMILES string of the molecule is O=C(N1CCCC(CO)C1)C1(c2ccccc2F)CC1. The number of carbonyl (C=O) groups excluding carboxylic acids is 1. The topological polar surface area (TPSA) is 40.5 Å². The molecular weight excluding hydrogens is 257 g/mol. The molecule has 1 unspecified atom stereocenters. The molecule has 20 heavy (non-hydrogen) atoms. The number of aliphatic hydroxyl groups excluding tert-OH is 1. The van der Waals surface area contributed by atoms with Crippen molar-refractivity contribution in [3.63, 3.8) is 0 Å². The van der Waals surface area contributed by atoms with Gasteiger partial charge in [-0.15, -0.1) is 0 Å². The molecule has 2 aliphatic rings. The minimum Gasteiger partial charge on any atom is -0.396 e. The molecule has 0 spiro atoms. The van der Waals surface area contributed by atoms with Crippen molar-refractivity contribution in [3.8, 4) is 0 Å². The summed E-state index contributed by atoms with van der Waals surface area (Å²) in [5.41, 5.74) is -0.0981. The van der Waals surface area contributed by atoms with Crippen LogP contribution in [0, 0.1) is 11.7 Å². The number of rotatable bonds is 3. The van der Waals surface area contributed by atoms with Gasteiger partial charge in [0.15, 0.2) is 0 Å². The smallest absolute Gasteiger partial charge is 0.233 e. The number of piperidine rings is 1. The summed E-state index contributed by atoms with van der Waals surface area (Å²) >= 11 is 0. The molecule has 1 atom stereocenters. The standard InChI is InChI=1S/C16H20FNO2/c17-14-6-2-1-5-13(14)16(7-8-16)15(20)18-9-3-4-12(10-18)11-19/h1-2,5-6,12,19H,3-4,7-11H2. The molecular formula is C16H20FNO2. The van der Waals surface area contributed by atoms with Gasteiger partial charge in [-0.2, -0.15) is 0 Å². The first-order valence-corrected chi connectivity index (χ1v) is 7.32. The number of hydrogen-bond donors (Lipinski definition) is 1. The number of halogens is 1. The predicted octanol–water partition coefficient (Wildman–Crippen LogP) is 2.09. The normalized spacial score (nSPS) is 24.5. The molecule has 1 saturated heterocycles. The molecule has 4 heteroatoms. The van der Waals surface area contributed by atoms with Crippen LogP contribution in [0.1, 0.15) is 31.2 Å². The number of aliphatic hydroxyl groups is 1. The number of amides is 1. The lowest BCUT2D eigenvalue weighted by Crippen LogP contribution is -2.46. The number of benzene rings is 1. The summed E-state index contributed by atoms with van der Waals surface area (Å²) in [6, 6.07) is 6.60. The van der Waals surface area contributed by atoms with Gasteiger partial charge in [0, 0.05) is 25.3 Å². The van der Waals surface area contributed by atoms with Crippen LogP contribution in [0.3, 0.4) is 0 Å². The Morgan fingerprint density at radius 3 is 2.80 bits per heavy atom. The average molecular weight is 277 g/mol. The van der Waals surface area contributed by atoms with Crippen LogP contribution >= 0.6 is 0 Å². The van der Waals surface area contributed by atoms with E-state index >= 15 is 0 Å². The van der Waals surface area contributed by atoms with E-state index in [-0.39, 0.29) is 24.2 Å². The molecule has 1 N–H and O–H groups in total. The van der Waals surface area contributed by atoms with Gasteiger partial charge in [-0.1, -0.05) is 18.2 Å². The lowest BCUT2D eigenvalue weighted by atomic mass is 9.91. The fraction of sp³-hybridized carbons (Fsp3) is 0.562. The molecule has 0 aromatic heterocycles. The molecule has 3 rings (SSSR count). The van der Waals surface area contributed by atoms with Crippen molar-refractivity contribution in [2.75, 3.05) is 19.7 Å². The second-order valence-corrected chi connectivity index (χ2v) is 6.00. The van der Waals surface area contributed by atoms with E-state index in [0.29, 0.717) is 12.1 Å². The number of likely N-dealkylation sites (tertiary alicyclic amines) is 1. The molecule has 1 heterocycles. The lowest BCUT2D eigenvalue weighted by Gasteiger charge is -2.34. The summed E-state index contributed by atoms with van der Waals surface area (Å²) in [4.78, 5) is 14.6. The molecule has 0 radical (unpaired) electrons. The van der Waals surface area contributed by atoms with Crippen molar-refractivity contribution in [1.29, 1.82) is 0 Å². The van der Waals surface area contributed by atoms with Crippen molar-refractivity contribution in [2.45, 2.75) is 31.1 Å². The molecule has 108 valence electrons. The summed E-state index contributed by atoms with van der Waals surface area (Å²) in [6.07, 6.45) is 3.34. The van der Waals surface area contributed by atoms with Crippen LogP contribution in [0.25, 0.3) is 0 Å². The van der Waals surface area contributed by atoms with E-state index in [4.69, 9.17) is 0 Å². The Balaban J connectivity index is 1.82. The second-order valence-electron chi connectivity index (χ2n) is 6.00. The van der Waals surface area contributed by atoms with Crippen LogP contribution in [0.2, 0.25) is 0 Å². The largest absolute Gasteiger partial charge is 0.396 e. The van der Waals surface area contributed by atoms with Crippen LogP contribution in [0.4, 0.5) is 4.39 Å². The summed E-state index contributed by atoms with van der Waals surface area (Å²) in [7, 11) is 0. The van der Waals surface area contributed by atoms with E-state index in [1.165, 1.54) is 6.07 Å². The Kier molecular flexibility index (Phi) is 3.50. The summed E-state index contributed by atoms with van der Waals surface area (Å²) < 4.78 is 14.0. The van der Waals surface area contributed by atoms with E-state index in [2.05, 4.69) is 0 Å². The Bertz CT molecular complexity index is 513. The highest BCUT2D eigenvalue weighted by molar-refractivity contribution is 5.91. The van der Waals surface area contributed by atoms with Crippen LogP contribution in [0.5, 0.6) is 0 Å². The van der Waals surface area contributed by atoms with Gasteiger partial charge in [-0.05, 0) is 37.7 Å². The molecule has 1 amide bonds. The minimum absolute atomic E-state index is 0.0424. The molecule has 3 nitrogen and oxygen atoms in total. The average Bonchev–Trinajstić information content (AvgIpc) is 3.28. The van der Waals surface area contributed by atoms with Gasteiger partial charge in [0.1, 0.15) is 5.82 Å². The predicted molar refractivity (Wildman–Crippen MR) is 73.7 cm³/mol. The van der Waals surface area contributed by atoms with Crippen LogP contribution < -0.4 is 0 Å². The number of nitrogens with zero attached hydrogens (tertiary/aromatic N) is 1. The van der Waals surface area contributed by atoms with Gasteiger partial charge in [-0.25, -0.2) is 4.39 Å². The summed E-state index contributed by atoms with van der Waals surface area (Å²) in [5.74, 6) is -0.0704. The van der Waals surface area contributed by atoms with Crippen LogP contribution in [-0.2, 0) is 10.2 Å². The molecule has 1 saturated carbocycles. The third kappa shape index (κ3) is 2.22. The van der Waals surface area contributed by atoms with Crippen molar-refractivity contribution in [1.82, 2.24) is 4.90 Å². The van der Waals surface area contributed by atoms with E-state index in [0.717, 1.165) is 32.2 Å². The van der Waals surface area contributed by atoms with E-state index < -0.39 is 5.41 Å². The van der Waals surface area contributed by atoms with Crippen molar-refractivity contribution < 1.29 is 14.3 Å². The zero-order valence-corrected chi connectivity index (χ0v) is 11.5. The van der Waals surface area contributed by atoms with E-state index in [9.17, 15) is 14.3 Å². The fourth-order valence-electron chi connectivity index (χ4n) is 3.27. The third-order valence-corrected chi connectivity index (χ3v) is 4.61. The highest BCUT2D eigenvalue weighted by atomic mass is 19.1. The second kappa shape index (κ2) is 5.17. The Hall–Kier alpha value is -1.42. The zero-order valence-electron chi connectivity index (χ0n) is 11.5. The van der Waals surface area contributed by atoms with Gasteiger partial charge in [0.2, 0.25) is 5.91 Å². The van der Waals surface area contributed by atoms with E-state index in [1.807, 2.05) is 4.90 Å². The van der Waals surface area contributed by atoms with Crippen LogP contribution in [-0.4, -0.2) is 35.6 Å². The fourth-order valence-corrected chi connectivity index (χ4v) is 3.27. The van der Waals surface area contributed by atoms with Crippen molar-refractivity contribution in [2.24, 2.45) is 5.92 Å². The molecule has 2 fully saturated rings.